The predicted molar refractivity (Wildman–Crippen MR) is 76.8 cm³/mol. The zero-order valence-electron chi connectivity index (χ0n) is 12.0. The van der Waals surface area contributed by atoms with Crippen molar-refractivity contribution in [2.24, 2.45) is 0 Å². The van der Waals surface area contributed by atoms with Crippen molar-refractivity contribution in [3.63, 3.8) is 0 Å². The summed E-state index contributed by atoms with van der Waals surface area (Å²) < 4.78 is 15.7. The molecular weight excluding hydrogens is 270 g/mol. The Hall–Kier alpha value is -2.74. The Kier molecular flexibility index (Phi) is 4.29. The van der Waals surface area contributed by atoms with Gasteiger partial charge in [0.1, 0.15) is 17.7 Å². The highest BCUT2D eigenvalue weighted by molar-refractivity contribution is 5.93. The Labute approximate surface area is 123 Å². The van der Waals surface area contributed by atoms with Gasteiger partial charge in [-0.15, -0.1) is 0 Å². The average molecular weight is 285 g/mol. The molecular formula is C16H15NO4. The van der Waals surface area contributed by atoms with E-state index in [1.807, 2.05) is 37.3 Å². The molecule has 0 spiro atoms. The summed E-state index contributed by atoms with van der Waals surface area (Å²) in [5.74, 6) is 0.635. The van der Waals surface area contributed by atoms with Gasteiger partial charge in [0.15, 0.2) is 11.5 Å². The number of nitrogens with zero attached hydrogens (tertiary/aromatic N) is 1. The minimum absolute atomic E-state index is 0.0643. The van der Waals surface area contributed by atoms with E-state index in [1.165, 1.54) is 13.2 Å². The van der Waals surface area contributed by atoms with E-state index >= 15 is 0 Å². The first-order valence-electron chi connectivity index (χ1n) is 6.36. The van der Waals surface area contributed by atoms with E-state index in [1.54, 1.807) is 7.11 Å². The standard InChI is InChI=1S/C16H15NO4/c1-10-12(8-13(9-17)16(18)20-3)7-11-5-4-6-14(19-2)15(11)21-10/h4-8,10H,1-3H3. The third-order valence-corrected chi connectivity index (χ3v) is 3.15. The molecule has 0 amide bonds. The molecule has 0 aliphatic carbocycles. The van der Waals surface area contributed by atoms with E-state index in [0.717, 1.165) is 11.1 Å². The van der Waals surface area contributed by atoms with Crippen molar-refractivity contribution in [3.05, 3.63) is 41.0 Å². The molecule has 0 saturated carbocycles. The van der Waals surface area contributed by atoms with Crippen LogP contribution >= 0.6 is 0 Å². The predicted octanol–water partition coefficient (Wildman–Crippen LogP) is 2.48. The molecule has 0 aromatic heterocycles. The molecule has 21 heavy (non-hydrogen) atoms. The van der Waals surface area contributed by atoms with E-state index in [9.17, 15) is 4.79 Å². The average Bonchev–Trinajstić information content (AvgIpc) is 2.51. The van der Waals surface area contributed by atoms with Gasteiger partial charge in [-0.3, -0.25) is 0 Å². The number of hydrogen-bond donors (Lipinski definition) is 0. The van der Waals surface area contributed by atoms with Crippen LogP contribution in [0.2, 0.25) is 0 Å². The number of para-hydroxylation sites is 1. The van der Waals surface area contributed by atoms with Crippen LogP contribution in [-0.4, -0.2) is 26.3 Å². The lowest BCUT2D eigenvalue weighted by Gasteiger charge is -2.24. The zero-order chi connectivity index (χ0) is 15.4. The molecule has 108 valence electrons. The lowest BCUT2D eigenvalue weighted by Crippen LogP contribution is -2.19. The van der Waals surface area contributed by atoms with Crippen LogP contribution < -0.4 is 9.47 Å². The Morgan fingerprint density at radius 1 is 1.43 bits per heavy atom. The van der Waals surface area contributed by atoms with Crippen LogP contribution in [-0.2, 0) is 9.53 Å². The molecule has 5 nitrogen and oxygen atoms in total. The third kappa shape index (κ3) is 2.90. The van der Waals surface area contributed by atoms with Gasteiger partial charge in [-0.05, 0) is 30.7 Å². The Bertz CT molecular complexity index is 667. The van der Waals surface area contributed by atoms with E-state index in [0.29, 0.717) is 11.5 Å². The lowest BCUT2D eigenvalue weighted by molar-refractivity contribution is -0.135. The largest absolute Gasteiger partial charge is 0.493 e. The summed E-state index contributed by atoms with van der Waals surface area (Å²) in [4.78, 5) is 11.5. The Balaban J connectivity index is 2.46. The molecule has 1 aromatic carbocycles. The van der Waals surface area contributed by atoms with Gasteiger partial charge in [-0.2, -0.15) is 5.26 Å². The fourth-order valence-electron chi connectivity index (χ4n) is 2.05. The Morgan fingerprint density at radius 2 is 2.19 bits per heavy atom. The van der Waals surface area contributed by atoms with Gasteiger partial charge < -0.3 is 14.2 Å². The number of hydrogen-bond acceptors (Lipinski definition) is 5. The van der Waals surface area contributed by atoms with Crippen LogP contribution in [0.1, 0.15) is 12.5 Å². The van der Waals surface area contributed by atoms with Crippen molar-refractivity contribution in [2.45, 2.75) is 13.0 Å². The normalized spacial score (nSPS) is 17.0. The highest BCUT2D eigenvalue weighted by Gasteiger charge is 2.22. The van der Waals surface area contributed by atoms with Crippen LogP contribution in [0.15, 0.2) is 35.4 Å². The molecule has 0 saturated heterocycles. The molecule has 1 aliphatic rings. The topological polar surface area (TPSA) is 68.6 Å². The number of rotatable bonds is 3. The van der Waals surface area contributed by atoms with Crippen LogP contribution in [0.25, 0.3) is 6.08 Å². The van der Waals surface area contributed by atoms with E-state index in [2.05, 4.69) is 4.74 Å². The first-order valence-corrected chi connectivity index (χ1v) is 6.36. The van der Waals surface area contributed by atoms with Crippen molar-refractivity contribution in [2.75, 3.05) is 14.2 Å². The summed E-state index contributed by atoms with van der Waals surface area (Å²) in [6.07, 6.45) is 3.05. The number of methoxy groups -OCH3 is 2. The molecule has 0 radical (unpaired) electrons. The summed E-state index contributed by atoms with van der Waals surface area (Å²) in [6, 6.07) is 7.37. The maximum absolute atomic E-state index is 11.5. The van der Waals surface area contributed by atoms with Gasteiger partial charge in [0, 0.05) is 5.56 Å². The summed E-state index contributed by atoms with van der Waals surface area (Å²) >= 11 is 0. The monoisotopic (exact) mass is 285 g/mol. The van der Waals surface area contributed by atoms with Crippen molar-refractivity contribution in [1.29, 1.82) is 5.26 Å². The van der Waals surface area contributed by atoms with Gasteiger partial charge in [0.25, 0.3) is 0 Å². The van der Waals surface area contributed by atoms with Crippen molar-refractivity contribution in [3.8, 4) is 17.6 Å². The van der Waals surface area contributed by atoms with E-state index < -0.39 is 5.97 Å². The second kappa shape index (κ2) is 6.14. The highest BCUT2D eigenvalue weighted by Crippen LogP contribution is 2.38. The zero-order valence-corrected chi connectivity index (χ0v) is 12.0. The highest BCUT2D eigenvalue weighted by atomic mass is 16.5. The summed E-state index contributed by atoms with van der Waals surface area (Å²) in [5, 5.41) is 9.01. The van der Waals surface area contributed by atoms with Crippen LogP contribution in [0, 0.1) is 11.3 Å². The molecule has 0 fully saturated rings. The van der Waals surface area contributed by atoms with Crippen LogP contribution in [0.4, 0.5) is 0 Å². The molecule has 1 aliphatic heterocycles. The number of ether oxygens (including phenoxy) is 3. The number of fused-ring (bicyclic) bond motifs is 1. The second-order valence-corrected chi connectivity index (χ2v) is 4.44. The van der Waals surface area contributed by atoms with Gasteiger partial charge in [0.05, 0.1) is 14.2 Å². The molecule has 5 heteroatoms. The molecule has 1 aromatic rings. The maximum atomic E-state index is 11.5. The van der Waals surface area contributed by atoms with Gasteiger partial charge in [0.2, 0.25) is 0 Å². The fraction of sp³-hybridized carbons (Fsp3) is 0.250. The van der Waals surface area contributed by atoms with Crippen molar-refractivity contribution < 1.29 is 19.0 Å². The second-order valence-electron chi connectivity index (χ2n) is 4.44. The quantitative estimate of drug-likeness (QED) is 0.485. The van der Waals surface area contributed by atoms with E-state index in [-0.39, 0.29) is 11.7 Å². The molecule has 1 unspecified atom stereocenters. The smallest absolute Gasteiger partial charge is 0.348 e. The van der Waals surface area contributed by atoms with Crippen molar-refractivity contribution in [1.82, 2.24) is 0 Å². The molecule has 0 N–H and O–H groups in total. The summed E-state index contributed by atoms with van der Waals surface area (Å²) in [6.45, 7) is 1.84. The Morgan fingerprint density at radius 3 is 2.81 bits per heavy atom. The first kappa shape index (κ1) is 14.7. The molecule has 2 rings (SSSR count). The fourth-order valence-corrected chi connectivity index (χ4v) is 2.05. The van der Waals surface area contributed by atoms with Crippen LogP contribution in [0.5, 0.6) is 11.5 Å². The van der Waals surface area contributed by atoms with Gasteiger partial charge >= 0.3 is 5.97 Å². The number of nitriles is 1. The van der Waals surface area contributed by atoms with Crippen LogP contribution in [0.3, 0.4) is 0 Å². The molecule has 1 atom stereocenters. The summed E-state index contributed by atoms with van der Waals surface area (Å²) in [5.41, 5.74) is 1.49. The molecule has 1 heterocycles. The summed E-state index contributed by atoms with van der Waals surface area (Å²) in [7, 11) is 2.82. The number of benzene rings is 1. The number of carbonyl (C=O) groups excluding carboxylic acids is 1. The maximum Gasteiger partial charge on any atom is 0.348 e. The third-order valence-electron chi connectivity index (χ3n) is 3.15. The van der Waals surface area contributed by atoms with Gasteiger partial charge in [-0.1, -0.05) is 12.1 Å². The lowest BCUT2D eigenvalue weighted by atomic mass is 10.00. The first-order chi connectivity index (χ1) is 10.1. The minimum atomic E-state index is -0.665. The van der Waals surface area contributed by atoms with E-state index in [4.69, 9.17) is 14.7 Å². The number of carbonyl (C=O) groups is 1. The van der Waals surface area contributed by atoms with Gasteiger partial charge in [-0.25, -0.2) is 4.79 Å². The molecule has 0 bridgehead atoms. The SMILES string of the molecule is COC(=O)C(C#N)=CC1=Cc2cccc(OC)c2OC1C. The van der Waals surface area contributed by atoms with Crippen molar-refractivity contribution >= 4 is 12.0 Å². The number of esters is 1. The minimum Gasteiger partial charge on any atom is -0.493 e.